The van der Waals surface area contributed by atoms with Crippen LogP contribution < -0.4 is 0 Å². The summed E-state index contributed by atoms with van der Waals surface area (Å²) in [7, 11) is 2.82. The van der Waals surface area contributed by atoms with Gasteiger partial charge in [0.2, 0.25) is 5.91 Å². The lowest BCUT2D eigenvalue weighted by molar-refractivity contribution is -0.139. The quantitative estimate of drug-likeness (QED) is 0.489. The molecule has 0 radical (unpaired) electrons. The molecule has 1 aromatic heterocycles. The first-order valence-electron chi connectivity index (χ1n) is 10.4. The maximum atomic E-state index is 13.6. The minimum atomic E-state index is -0.628. The van der Waals surface area contributed by atoms with Gasteiger partial charge in [0.1, 0.15) is 12.3 Å². The summed E-state index contributed by atoms with van der Waals surface area (Å²) in [6, 6.07) is -0.587. The van der Waals surface area contributed by atoms with E-state index in [4.69, 9.17) is 9.47 Å². The van der Waals surface area contributed by atoms with Crippen LogP contribution in [0.2, 0.25) is 0 Å². The Labute approximate surface area is 173 Å². The number of ketones is 1. The van der Waals surface area contributed by atoms with Crippen molar-refractivity contribution in [2.75, 3.05) is 20.8 Å². The predicted molar refractivity (Wildman–Crippen MR) is 110 cm³/mol. The van der Waals surface area contributed by atoms with Gasteiger partial charge in [-0.2, -0.15) is 0 Å². The fourth-order valence-corrected chi connectivity index (χ4v) is 4.64. The van der Waals surface area contributed by atoms with Crippen LogP contribution in [0.5, 0.6) is 0 Å². The van der Waals surface area contributed by atoms with Crippen molar-refractivity contribution in [1.82, 2.24) is 9.47 Å². The maximum Gasteiger partial charge on any atom is 0.354 e. The van der Waals surface area contributed by atoms with E-state index in [0.29, 0.717) is 23.4 Å². The molecule has 0 aliphatic heterocycles. The largest absolute Gasteiger partial charge is 0.464 e. The van der Waals surface area contributed by atoms with Crippen LogP contribution in [0.25, 0.3) is 0 Å². The molecule has 1 aromatic rings. The van der Waals surface area contributed by atoms with E-state index in [-0.39, 0.29) is 24.3 Å². The third-order valence-electron chi connectivity index (χ3n) is 6.03. The normalized spacial score (nSPS) is 15.8. The fourth-order valence-electron chi connectivity index (χ4n) is 4.64. The van der Waals surface area contributed by atoms with Crippen molar-refractivity contribution < 1.29 is 23.9 Å². The van der Waals surface area contributed by atoms with Crippen molar-refractivity contribution in [3.63, 3.8) is 0 Å². The van der Waals surface area contributed by atoms with Gasteiger partial charge in [-0.05, 0) is 46.1 Å². The van der Waals surface area contributed by atoms with Crippen LogP contribution in [0, 0.1) is 13.8 Å². The highest BCUT2D eigenvalue weighted by molar-refractivity contribution is 6.06. The first-order valence-corrected chi connectivity index (χ1v) is 10.4. The molecular weight excluding hydrogens is 372 g/mol. The number of carbonyl (C=O) groups excluding carboxylic acids is 3. The van der Waals surface area contributed by atoms with Crippen LogP contribution in [0.3, 0.4) is 0 Å². The van der Waals surface area contributed by atoms with Crippen molar-refractivity contribution in [3.8, 4) is 0 Å². The summed E-state index contributed by atoms with van der Waals surface area (Å²) >= 11 is 0. The lowest BCUT2D eigenvalue weighted by Gasteiger charge is -2.38. The highest BCUT2D eigenvalue weighted by Crippen LogP contribution is 2.29. The summed E-state index contributed by atoms with van der Waals surface area (Å²) in [5, 5.41) is 0. The van der Waals surface area contributed by atoms with Crippen LogP contribution in [-0.2, 0) is 20.8 Å². The lowest BCUT2D eigenvalue weighted by Crippen LogP contribution is -2.51. The highest BCUT2D eigenvalue weighted by atomic mass is 16.5. The molecule has 0 aromatic carbocycles. The molecule has 1 saturated carbocycles. The van der Waals surface area contributed by atoms with Crippen molar-refractivity contribution >= 4 is 17.7 Å². The van der Waals surface area contributed by atoms with Crippen LogP contribution in [-0.4, -0.2) is 60.0 Å². The van der Waals surface area contributed by atoms with Crippen LogP contribution in [0.1, 0.15) is 78.1 Å². The van der Waals surface area contributed by atoms with Gasteiger partial charge >= 0.3 is 5.97 Å². The van der Waals surface area contributed by atoms with Gasteiger partial charge in [0.25, 0.3) is 0 Å². The average Bonchev–Trinajstić information content (AvgIpc) is 2.97. The molecule has 1 atom stereocenters. The van der Waals surface area contributed by atoms with Crippen LogP contribution >= 0.6 is 0 Å². The fraction of sp³-hybridized carbons (Fsp3) is 0.682. The third kappa shape index (κ3) is 4.55. The third-order valence-corrected chi connectivity index (χ3v) is 6.03. The molecule has 29 heavy (non-hydrogen) atoms. The number of aromatic nitrogens is 1. The lowest BCUT2D eigenvalue weighted by atomic mass is 9.91. The van der Waals surface area contributed by atoms with Gasteiger partial charge in [-0.15, -0.1) is 0 Å². The first kappa shape index (κ1) is 23.1. The van der Waals surface area contributed by atoms with Crippen molar-refractivity contribution in [2.45, 2.75) is 78.4 Å². The van der Waals surface area contributed by atoms with Gasteiger partial charge in [-0.1, -0.05) is 19.3 Å². The van der Waals surface area contributed by atoms with Gasteiger partial charge < -0.3 is 18.9 Å². The Kier molecular flexibility index (Phi) is 8.02. The van der Waals surface area contributed by atoms with Crippen molar-refractivity contribution in [2.24, 2.45) is 0 Å². The van der Waals surface area contributed by atoms with E-state index in [2.05, 4.69) is 0 Å². The summed E-state index contributed by atoms with van der Waals surface area (Å²) in [6.07, 6.45) is 5.06. The molecule has 0 bridgehead atoms. The number of Topliss-reactive ketones (excluding diaryl/α,β-unsaturated/α-hetero) is 1. The summed E-state index contributed by atoms with van der Waals surface area (Å²) in [4.78, 5) is 40.4. The molecular formula is C22H34N2O5. The topological polar surface area (TPSA) is 77.8 Å². The number of esters is 1. The molecule has 1 aliphatic rings. The number of amides is 1. The zero-order valence-electron chi connectivity index (χ0n) is 18.5. The van der Waals surface area contributed by atoms with Crippen LogP contribution in [0.4, 0.5) is 0 Å². The van der Waals surface area contributed by atoms with E-state index < -0.39 is 12.0 Å². The van der Waals surface area contributed by atoms with Crippen molar-refractivity contribution in [1.29, 1.82) is 0 Å². The molecule has 1 fully saturated rings. The Bertz CT molecular complexity index is 762. The van der Waals surface area contributed by atoms with E-state index in [1.54, 1.807) is 18.7 Å². The van der Waals surface area contributed by atoms with Gasteiger partial charge in [0.15, 0.2) is 5.78 Å². The molecule has 2 rings (SSSR count). The Morgan fingerprint density at radius 2 is 1.76 bits per heavy atom. The average molecular weight is 407 g/mol. The van der Waals surface area contributed by atoms with Gasteiger partial charge in [0, 0.05) is 31.0 Å². The zero-order valence-corrected chi connectivity index (χ0v) is 18.5. The van der Waals surface area contributed by atoms with E-state index >= 15 is 0 Å². The first-order chi connectivity index (χ1) is 13.8. The second kappa shape index (κ2) is 10.1. The molecule has 1 amide bonds. The Hall–Kier alpha value is -2.15. The molecule has 7 nitrogen and oxygen atoms in total. The number of hydrogen-bond donors (Lipinski definition) is 0. The predicted octanol–water partition coefficient (Wildman–Crippen LogP) is 3.29. The molecule has 1 heterocycles. The molecule has 7 heteroatoms. The minimum absolute atomic E-state index is 0.0410. The van der Waals surface area contributed by atoms with Gasteiger partial charge in [-0.3, -0.25) is 9.59 Å². The summed E-state index contributed by atoms with van der Waals surface area (Å²) in [5.41, 5.74) is 2.24. The Balaban J connectivity index is 2.46. The second-order valence-electron chi connectivity index (χ2n) is 7.74. The van der Waals surface area contributed by atoms with E-state index in [0.717, 1.165) is 37.8 Å². The van der Waals surface area contributed by atoms with Gasteiger partial charge in [0.05, 0.1) is 13.2 Å². The number of nitrogens with zero attached hydrogens (tertiary/aromatic N) is 2. The van der Waals surface area contributed by atoms with E-state index in [9.17, 15) is 14.4 Å². The van der Waals surface area contributed by atoms with E-state index in [1.165, 1.54) is 14.2 Å². The molecule has 0 spiro atoms. The smallest absolute Gasteiger partial charge is 0.354 e. The Morgan fingerprint density at radius 3 is 2.28 bits per heavy atom. The number of methoxy groups -OCH3 is 2. The number of rotatable bonds is 8. The van der Waals surface area contributed by atoms with Crippen LogP contribution in [0.15, 0.2) is 0 Å². The van der Waals surface area contributed by atoms with Gasteiger partial charge in [-0.25, -0.2) is 4.79 Å². The maximum absolute atomic E-state index is 13.6. The monoisotopic (exact) mass is 406 g/mol. The zero-order chi connectivity index (χ0) is 21.7. The summed E-state index contributed by atoms with van der Waals surface area (Å²) < 4.78 is 11.8. The summed E-state index contributed by atoms with van der Waals surface area (Å²) in [5.74, 6) is -0.773. The number of hydrogen-bond acceptors (Lipinski definition) is 5. The van der Waals surface area contributed by atoms with E-state index in [1.807, 2.05) is 18.4 Å². The molecule has 1 aliphatic carbocycles. The highest BCUT2D eigenvalue weighted by Gasteiger charge is 2.36. The minimum Gasteiger partial charge on any atom is -0.464 e. The number of carbonyl (C=O) groups is 3. The second-order valence-corrected chi connectivity index (χ2v) is 7.74. The number of ether oxygens (including phenoxy) is 2. The molecule has 162 valence electrons. The summed E-state index contributed by atoms with van der Waals surface area (Å²) in [6.45, 7) is 7.82. The molecule has 0 N–H and O–H groups in total. The Morgan fingerprint density at radius 1 is 1.14 bits per heavy atom. The van der Waals surface area contributed by atoms with Crippen molar-refractivity contribution in [3.05, 3.63) is 22.5 Å². The molecule has 0 saturated heterocycles. The molecule has 1 unspecified atom stereocenters. The SMILES string of the molecule is CCn1c(C)c(C(=O)C(C)N(C(=O)COC)C2CCCCC2)c(C)c1C(=O)OC. The standard InChI is InChI=1S/C22H34N2O5/c1-7-23-15(3)19(14(2)20(23)22(27)29-6)21(26)16(4)24(18(25)13-28-5)17-11-9-8-10-12-17/h16-17H,7-13H2,1-6H3.